The maximum absolute atomic E-state index is 12.6. The lowest BCUT2D eigenvalue weighted by Gasteiger charge is -2.30. The quantitative estimate of drug-likeness (QED) is 0.395. The van der Waals surface area contributed by atoms with Gasteiger partial charge in [0, 0.05) is 30.6 Å². The highest BCUT2D eigenvalue weighted by Crippen LogP contribution is 2.34. The molecular weight excluding hydrogens is 446 g/mol. The molecule has 1 aromatic heterocycles. The number of ether oxygens (including phenoxy) is 2. The molecule has 1 aliphatic rings. The number of nitrogens with zero attached hydrogens (tertiary/aromatic N) is 1. The van der Waals surface area contributed by atoms with Gasteiger partial charge in [-0.3, -0.25) is 9.59 Å². The molecule has 0 radical (unpaired) electrons. The molecule has 33 heavy (non-hydrogen) atoms. The minimum atomic E-state index is -0.491. The largest absolute Gasteiger partial charge is 0.482 e. The van der Waals surface area contributed by atoms with Gasteiger partial charge in [0.2, 0.25) is 0 Å². The summed E-state index contributed by atoms with van der Waals surface area (Å²) in [6.07, 6.45) is 1.13. The highest BCUT2D eigenvalue weighted by Gasteiger charge is 2.28. The summed E-state index contributed by atoms with van der Waals surface area (Å²) in [6.45, 7) is 2.85. The number of esters is 1. The lowest BCUT2D eigenvalue weighted by Crippen LogP contribution is -2.42. The summed E-state index contributed by atoms with van der Waals surface area (Å²) in [7, 11) is 0. The first-order valence-corrected chi connectivity index (χ1v) is 11.2. The molecule has 0 bridgehead atoms. The van der Waals surface area contributed by atoms with Gasteiger partial charge >= 0.3 is 11.6 Å². The van der Waals surface area contributed by atoms with E-state index >= 15 is 0 Å². The summed E-state index contributed by atoms with van der Waals surface area (Å²) in [6, 6.07) is 14.1. The molecule has 172 valence electrons. The fourth-order valence-corrected chi connectivity index (χ4v) is 4.20. The summed E-state index contributed by atoms with van der Waals surface area (Å²) in [5.74, 6) is -0.327. The molecule has 2 aromatic carbocycles. The van der Waals surface area contributed by atoms with Gasteiger partial charge in [-0.2, -0.15) is 0 Å². The number of carbonyl (C=O) groups excluding carboxylic acids is 2. The number of carbonyl (C=O) groups is 2. The molecule has 2 heterocycles. The third-order valence-electron chi connectivity index (χ3n) is 5.70. The third-order valence-corrected chi connectivity index (χ3v) is 6.00. The van der Waals surface area contributed by atoms with Crippen molar-refractivity contribution in [3.05, 3.63) is 64.0 Å². The fraction of sp³-hybridized carbons (Fsp3) is 0.320. The molecule has 0 saturated carbocycles. The van der Waals surface area contributed by atoms with Crippen LogP contribution in [0.5, 0.6) is 5.75 Å². The molecule has 1 aliphatic heterocycles. The summed E-state index contributed by atoms with van der Waals surface area (Å²) >= 11 is 6.43. The molecule has 0 unspecified atom stereocenters. The number of hydrogen-bond donors (Lipinski definition) is 0. The number of hydrogen-bond acceptors (Lipinski definition) is 6. The Bertz CT molecular complexity index is 1210. The van der Waals surface area contributed by atoms with E-state index in [1.54, 1.807) is 17.9 Å². The van der Waals surface area contributed by atoms with Crippen molar-refractivity contribution in [1.29, 1.82) is 0 Å². The molecule has 0 spiro atoms. The number of halogens is 1. The molecule has 1 fully saturated rings. The summed E-state index contributed by atoms with van der Waals surface area (Å²) in [4.78, 5) is 38.3. The van der Waals surface area contributed by atoms with Gasteiger partial charge in [-0.05, 0) is 37.0 Å². The van der Waals surface area contributed by atoms with Crippen molar-refractivity contribution in [2.75, 3.05) is 26.3 Å². The summed E-state index contributed by atoms with van der Waals surface area (Å²) < 4.78 is 16.1. The van der Waals surface area contributed by atoms with E-state index in [4.69, 9.17) is 25.5 Å². The molecule has 7 nitrogen and oxygen atoms in total. The molecule has 8 heteroatoms. The molecule has 3 aromatic rings. The molecule has 4 rings (SSSR count). The SMILES string of the molecule is CCOC(=O)C1CCN(C(=O)COc2cc3oc(=O)cc(-c4ccccc4)c3cc2Cl)CC1. The van der Waals surface area contributed by atoms with Gasteiger partial charge in [-0.25, -0.2) is 4.79 Å². The van der Waals surface area contributed by atoms with Crippen molar-refractivity contribution < 1.29 is 23.5 Å². The average molecular weight is 470 g/mol. The Morgan fingerprint density at radius 2 is 1.85 bits per heavy atom. The van der Waals surface area contributed by atoms with Crippen molar-refractivity contribution in [1.82, 2.24) is 4.90 Å². The number of rotatable bonds is 6. The standard InChI is InChI=1S/C25H24ClNO6/c1-2-31-25(30)17-8-10-27(11-9-17)23(28)15-32-22-14-21-19(12-20(22)26)18(13-24(29)33-21)16-6-4-3-5-7-16/h3-7,12-14,17H,2,8-11,15H2,1H3. The zero-order chi connectivity index (χ0) is 23.4. The van der Waals surface area contributed by atoms with Gasteiger partial charge < -0.3 is 18.8 Å². The number of benzene rings is 2. The minimum absolute atomic E-state index is 0.174. The Kier molecular flexibility index (Phi) is 6.99. The van der Waals surface area contributed by atoms with Crippen molar-refractivity contribution in [2.24, 2.45) is 5.92 Å². The Morgan fingerprint density at radius 3 is 2.55 bits per heavy atom. The van der Waals surface area contributed by atoms with E-state index in [9.17, 15) is 14.4 Å². The number of likely N-dealkylation sites (tertiary alicyclic amines) is 1. The van der Waals surface area contributed by atoms with Gasteiger partial charge in [0.05, 0.1) is 17.5 Å². The highest BCUT2D eigenvalue weighted by atomic mass is 35.5. The van der Waals surface area contributed by atoms with Crippen molar-refractivity contribution in [2.45, 2.75) is 19.8 Å². The van der Waals surface area contributed by atoms with Gasteiger partial charge in [0.15, 0.2) is 6.61 Å². The van der Waals surface area contributed by atoms with Crippen LogP contribution >= 0.6 is 11.6 Å². The maximum Gasteiger partial charge on any atom is 0.336 e. The number of amides is 1. The molecule has 1 saturated heterocycles. The normalized spacial score (nSPS) is 14.3. The van der Waals surface area contributed by atoms with E-state index in [1.807, 2.05) is 30.3 Å². The van der Waals surface area contributed by atoms with Crippen LogP contribution in [0.3, 0.4) is 0 Å². The average Bonchev–Trinajstić information content (AvgIpc) is 2.83. The monoisotopic (exact) mass is 469 g/mol. The second kappa shape index (κ2) is 10.1. The highest BCUT2D eigenvalue weighted by molar-refractivity contribution is 6.33. The molecule has 0 aliphatic carbocycles. The van der Waals surface area contributed by atoms with E-state index in [0.29, 0.717) is 54.1 Å². The number of fused-ring (bicyclic) bond motifs is 1. The van der Waals surface area contributed by atoms with Crippen LogP contribution in [-0.2, 0) is 14.3 Å². The van der Waals surface area contributed by atoms with Gasteiger partial charge in [0.1, 0.15) is 11.3 Å². The van der Waals surface area contributed by atoms with E-state index in [2.05, 4.69) is 0 Å². The van der Waals surface area contributed by atoms with Crippen molar-refractivity contribution >= 4 is 34.4 Å². The Balaban J connectivity index is 1.46. The first kappa shape index (κ1) is 22.9. The maximum atomic E-state index is 12.6. The van der Waals surface area contributed by atoms with Crippen LogP contribution < -0.4 is 10.4 Å². The molecular formula is C25H24ClNO6. The Hall–Kier alpha value is -3.32. The fourth-order valence-electron chi connectivity index (χ4n) is 3.99. The second-order valence-corrected chi connectivity index (χ2v) is 8.23. The van der Waals surface area contributed by atoms with Crippen LogP contribution in [-0.4, -0.2) is 43.1 Å². The van der Waals surface area contributed by atoms with E-state index in [-0.39, 0.29) is 30.2 Å². The number of piperidine rings is 1. The van der Waals surface area contributed by atoms with E-state index in [0.717, 1.165) is 5.56 Å². The zero-order valence-electron chi connectivity index (χ0n) is 18.2. The molecule has 0 atom stereocenters. The predicted octanol–water partition coefficient (Wildman–Crippen LogP) is 4.29. The zero-order valence-corrected chi connectivity index (χ0v) is 19.0. The minimum Gasteiger partial charge on any atom is -0.482 e. The predicted molar refractivity (Wildman–Crippen MR) is 124 cm³/mol. The van der Waals surface area contributed by atoms with E-state index < -0.39 is 5.63 Å². The lowest BCUT2D eigenvalue weighted by molar-refractivity contribution is -0.151. The smallest absolute Gasteiger partial charge is 0.336 e. The molecule has 1 amide bonds. The molecule has 0 N–H and O–H groups in total. The lowest BCUT2D eigenvalue weighted by atomic mass is 9.97. The van der Waals surface area contributed by atoms with Crippen LogP contribution in [0.2, 0.25) is 5.02 Å². The van der Waals surface area contributed by atoms with Crippen LogP contribution in [0.15, 0.2) is 57.7 Å². The first-order chi connectivity index (χ1) is 16.0. The van der Waals surface area contributed by atoms with Crippen LogP contribution in [0.25, 0.3) is 22.1 Å². The van der Waals surface area contributed by atoms with E-state index in [1.165, 1.54) is 12.1 Å². The van der Waals surface area contributed by atoms with Crippen LogP contribution in [0.4, 0.5) is 0 Å². The first-order valence-electron chi connectivity index (χ1n) is 10.9. The third kappa shape index (κ3) is 5.20. The second-order valence-electron chi connectivity index (χ2n) is 7.82. The van der Waals surface area contributed by atoms with Crippen molar-refractivity contribution in [3.8, 4) is 16.9 Å². The van der Waals surface area contributed by atoms with Gasteiger partial charge in [-0.15, -0.1) is 0 Å². The van der Waals surface area contributed by atoms with Gasteiger partial charge in [-0.1, -0.05) is 41.9 Å². The summed E-state index contributed by atoms with van der Waals surface area (Å²) in [5, 5.41) is 0.980. The van der Waals surface area contributed by atoms with Crippen LogP contribution in [0, 0.1) is 5.92 Å². The van der Waals surface area contributed by atoms with Crippen molar-refractivity contribution in [3.63, 3.8) is 0 Å². The summed E-state index contributed by atoms with van der Waals surface area (Å²) in [5.41, 5.74) is 1.40. The van der Waals surface area contributed by atoms with Gasteiger partial charge in [0.25, 0.3) is 5.91 Å². The van der Waals surface area contributed by atoms with Crippen LogP contribution in [0.1, 0.15) is 19.8 Å². The topological polar surface area (TPSA) is 86.1 Å². The Labute approximate surface area is 195 Å². The Morgan fingerprint density at radius 1 is 1.12 bits per heavy atom.